The largest absolute Gasteiger partial charge is 0.366 e. The molecule has 1 fully saturated rings. The van der Waals surface area contributed by atoms with E-state index in [1.54, 1.807) is 11.3 Å². The molecule has 1 aromatic heterocycles. The summed E-state index contributed by atoms with van der Waals surface area (Å²) in [6.45, 7) is 1.96. The maximum absolute atomic E-state index is 11.1. The van der Waals surface area contributed by atoms with Crippen LogP contribution in [0.4, 0.5) is 5.69 Å². The SMILES string of the molecule is O=CNC1(c2ccc3c(c2)CCN3Cc2ccc(Cl)s2)CCCC1. The molecular formula is C19H21ClN2OS. The summed E-state index contributed by atoms with van der Waals surface area (Å²) in [6, 6.07) is 10.8. The predicted octanol–water partition coefficient (Wildman–Crippen LogP) is 4.48. The van der Waals surface area contributed by atoms with Gasteiger partial charge < -0.3 is 10.2 Å². The van der Waals surface area contributed by atoms with Gasteiger partial charge in [-0.05, 0) is 48.6 Å². The first-order valence-corrected chi connectivity index (χ1v) is 9.74. The number of carbonyl (C=O) groups excluding carboxylic acids is 1. The highest BCUT2D eigenvalue weighted by molar-refractivity contribution is 7.16. The van der Waals surface area contributed by atoms with Crippen LogP contribution >= 0.6 is 22.9 Å². The van der Waals surface area contributed by atoms with E-state index >= 15 is 0 Å². The Kier molecular flexibility index (Phi) is 4.27. The molecule has 0 bridgehead atoms. The van der Waals surface area contributed by atoms with Crippen molar-refractivity contribution in [2.45, 2.75) is 44.2 Å². The number of fused-ring (bicyclic) bond motifs is 1. The third-order valence-electron chi connectivity index (χ3n) is 5.39. The Bertz CT molecular complexity index is 752. The molecule has 1 amide bonds. The molecule has 126 valence electrons. The quantitative estimate of drug-likeness (QED) is 0.797. The van der Waals surface area contributed by atoms with Crippen molar-refractivity contribution in [1.82, 2.24) is 5.32 Å². The van der Waals surface area contributed by atoms with Crippen molar-refractivity contribution in [2.24, 2.45) is 0 Å². The molecule has 0 unspecified atom stereocenters. The molecule has 0 radical (unpaired) electrons. The third kappa shape index (κ3) is 2.82. The Hall–Kier alpha value is -1.52. The van der Waals surface area contributed by atoms with Gasteiger partial charge in [-0.25, -0.2) is 0 Å². The van der Waals surface area contributed by atoms with Crippen molar-refractivity contribution in [1.29, 1.82) is 0 Å². The van der Waals surface area contributed by atoms with Crippen molar-refractivity contribution < 1.29 is 4.79 Å². The number of benzene rings is 1. The highest BCUT2D eigenvalue weighted by atomic mass is 35.5. The summed E-state index contributed by atoms with van der Waals surface area (Å²) < 4.78 is 0.850. The van der Waals surface area contributed by atoms with E-state index in [1.807, 2.05) is 6.07 Å². The van der Waals surface area contributed by atoms with E-state index in [9.17, 15) is 4.79 Å². The van der Waals surface area contributed by atoms with Crippen LogP contribution < -0.4 is 10.2 Å². The van der Waals surface area contributed by atoms with Crippen LogP contribution in [0.3, 0.4) is 0 Å². The van der Waals surface area contributed by atoms with Crippen LogP contribution in [0.25, 0.3) is 0 Å². The average molecular weight is 361 g/mol. The van der Waals surface area contributed by atoms with E-state index in [-0.39, 0.29) is 5.54 Å². The minimum atomic E-state index is -0.147. The lowest BCUT2D eigenvalue weighted by molar-refractivity contribution is -0.111. The lowest BCUT2D eigenvalue weighted by Gasteiger charge is -2.30. The molecular weight excluding hydrogens is 340 g/mol. The summed E-state index contributed by atoms with van der Waals surface area (Å²) in [5.74, 6) is 0. The highest BCUT2D eigenvalue weighted by Gasteiger charge is 2.36. The van der Waals surface area contributed by atoms with Gasteiger partial charge in [0.05, 0.1) is 16.4 Å². The molecule has 1 N–H and O–H groups in total. The smallest absolute Gasteiger partial charge is 0.207 e. The zero-order chi connectivity index (χ0) is 16.6. The van der Waals surface area contributed by atoms with Crippen LogP contribution in [-0.4, -0.2) is 13.0 Å². The molecule has 1 aromatic carbocycles. The summed E-state index contributed by atoms with van der Waals surface area (Å²) >= 11 is 7.70. The van der Waals surface area contributed by atoms with Gasteiger partial charge in [-0.1, -0.05) is 36.6 Å². The van der Waals surface area contributed by atoms with Crippen LogP contribution in [0.2, 0.25) is 4.34 Å². The monoisotopic (exact) mass is 360 g/mol. The topological polar surface area (TPSA) is 32.3 Å². The number of thiophene rings is 1. The lowest BCUT2D eigenvalue weighted by atomic mass is 9.87. The fourth-order valence-corrected chi connectivity index (χ4v) is 5.27. The average Bonchev–Trinajstić information content (AvgIpc) is 3.29. The Morgan fingerprint density at radius 3 is 2.79 bits per heavy atom. The van der Waals surface area contributed by atoms with Gasteiger partial charge in [-0.2, -0.15) is 0 Å². The van der Waals surface area contributed by atoms with E-state index < -0.39 is 0 Å². The first kappa shape index (κ1) is 16.0. The van der Waals surface area contributed by atoms with Crippen LogP contribution in [-0.2, 0) is 23.3 Å². The van der Waals surface area contributed by atoms with Crippen LogP contribution in [0.5, 0.6) is 0 Å². The van der Waals surface area contributed by atoms with E-state index in [1.165, 1.54) is 34.5 Å². The van der Waals surface area contributed by atoms with Gasteiger partial charge in [0.2, 0.25) is 6.41 Å². The van der Waals surface area contributed by atoms with E-state index in [0.29, 0.717) is 0 Å². The number of carbonyl (C=O) groups is 1. The number of hydrogen-bond donors (Lipinski definition) is 1. The van der Waals surface area contributed by atoms with Crippen molar-refractivity contribution in [2.75, 3.05) is 11.4 Å². The van der Waals surface area contributed by atoms with Crippen molar-refractivity contribution >= 4 is 35.0 Å². The summed E-state index contributed by atoms with van der Waals surface area (Å²) in [5, 5.41) is 3.11. The number of rotatable bonds is 5. The Morgan fingerprint density at radius 1 is 1.25 bits per heavy atom. The van der Waals surface area contributed by atoms with E-state index in [4.69, 9.17) is 11.6 Å². The second kappa shape index (κ2) is 6.41. The van der Waals surface area contributed by atoms with Gasteiger partial charge in [-0.15, -0.1) is 11.3 Å². The van der Waals surface area contributed by atoms with Gasteiger partial charge in [-0.3, -0.25) is 4.79 Å². The molecule has 5 heteroatoms. The zero-order valence-electron chi connectivity index (χ0n) is 13.6. The molecule has 24 heavy (non-hydrogen) atoms. The van der Waals surface area contributed by atoms with Crippen LogP contribution in [0.1, 0.15) is 41.7 Å². The van der Waals surface area contributed by atoms with Crippen molar-refractivity contribution in [3.05, 3.63) is 50.7 Å². The maximum Gasteiger partial charge on any atom is 0.207 e. The summed E-state index contributed by atoms with van der Waals surface area (Å²) in [4.78, 5) is 14.8. The Labute approximate surface area is 151 Å². The first-order valence-electron chi connectivity index (χ1n) is 8.54. The van der Waals surface area contributed by atoms with Gasteiger partial charge in [0.25, 0.3) is 0 Å². The molecule has 2 aliphatic rings. The summed E-state index contributed by atoms with van der Waals surface area (Å²) in [7, 11) is 0. The molecule has 1 aliphatic heterocycles. The van der Waals surface area contributed by atoms with E-state index in [2.05, 4.69) is 34.5 Å². The predicted molar refractivity (Wildman–Crippen MR) is 99.9 cm³/mol. The Balaban J connectivity index is 1.59. The number of amides is 1. The number of nitrogens with zero attached hydrogens (tertiary/aromatic N) is 1. The van der Waals surface area contributed by atoms with E-state index in [0.717, 1.165) is 43.1 Å². The normalized spacial score (nSPS) is 18.6. The highest BCUT2D eigenvalue weighted by Crippen LogP contribution is 2.41. The van der Waals surface area contributed by atoms with Crippen LogP contribution in [0, 0.1) is 0 Å². The second-order valence-electron chi connectivity index (χ2n) is 6.77. The van der Waals surface area contributed by atoms with Gasteiger partial charge in [0, 0.05) is 17.1 Å². The fourth-order valence-electron chi connectivity index (χ4n) is 4.16. The standard InChI is InChI=1S/C19H21ClN2OS/c20-18-6-4-16(24-18)12-22-10-7-14-11-15(3-5-17(14)22)19(21-13-23)8-1-2-9-19/h3-6,11,13H,1-2,7-10,12H2,(H,21,23). The number of anilines is 1. The molecule has 0 saturated heterocycles. The molecule has 3 nitrogen and oxygen atoms in total. The molecule has 2 heterocycles. The first-order chi connectivity index (χ1) is 11.7. The van der Waals surface area contributed by atoms with Crippen LogP contribution in [0.15, 0.2) is 30.3 Å². The molecule has 1 aliphatic carbocycles. The zero-order valence-corrected chi connectivity index (χ0v) is 15.1. The number of halogens is 1. The summed E-state index contributed by atoms with van der Waals surface area (Å²) in [6.07, 6.45) is 6.39. The molecule has 0 atom stereocenters. The Morgan fingerprint density at radius 2 is 2.08 bits per heavy atom. The minimum Gasteiger partial charge on any atom is -0.366 e. The molecule has 0 spiro atoms. The second-order valence-corrected chi connectivity index (χ2v) is 8.57. The van der Waals surface area contributed by atoms with Gasteiger partial charge in [0.15, 0.2) is 0 Å². The molecule has 2 aromatic rings. The number of hydrogen-bond acceptors (Lipinski definition) is 3. The van der Waals surface area contributed by atoms with Gasteiger partial charge >= 0.3 is 0 Å². The van der Waals surface area contributed by atoms with Crippen molar-refractivity contribution in [3.63, 3.8) is 0 Å². The molecule has 4 rings (SSSR count). The van der Waals surface area contributed by atoms with Crippen molar-refractivity contribution in [3.8, 4) is 0 Å². The third-order valence-corrected chi connectivity index (χ3v) is 6.61. The minimum absolute atomic E-state index is 0.147. The molecule has 1 saturated carbocycles. The van der Waals surface area contributed by atoms with Gasteiger partial charge in [0.1, 0.15) is 0 Å². The number of nitrogens with one attached hydrogen (secondary N) is 1. The summed E-state index contributed by atoms with van der Waals surface area (Å²) in [5.41, 5.74) is 3.84. The lowest BCUT2D eigenvalue weighted by Crippen LogP contribution is -2.38. The maximum atomic E-state index is 11.1. The fraction of sp³-hybridized carbons (Fsp3) is 0.421.